The van der Waals surface area contributed by atoms with E-state index in [1.165, 1.54) is 16.1 Å². The lowest BCUT2D eigenvalue weighted by Gasteiger charge is -2.31. The second-order valence-corrected chi connectivity index (χ2v) is 5.37. The van der Waals surface area contributed by atoms with Gasteiger partial charge in [0.1, 0.15) is 6.33 Å². The molecule has 5 nitrogen and oxygen atoms in total. The molecular formula is C13H17N5S. The molecule has 19 heavy (non-hydrogen) atoms. The van der Waals surface area contributed by atoms with Crippen LogP contribution in [0.4, 0.5) is 5.69 Å². The largest absolute Gasteiger partial charge is 0.362 e. The molecule has 0 bridgehead atoms. The molecule has 0 saturated carbocycles. The van der Waals surface area contributed by atoms with Crippen LogP contribution in [0, 0.1) is 0 Å². The SMILES string of the molecule is CSc1cccc(N2CCn3cnnc3C2)c1CN. The van der Waals surface area contributed by atoms with E-state index in [9.17, 15) is 0 Å². The number of aromatic nitrogens is 3. The van der Waals surface area contributed by atoms with Gasteiger partial charge in [-0.3, -0.25) is 0 Å². The number of hydrogen-bond donors (Lipinski definition) is 1. The van der Waals surface area contributed by atoms with Crippen molar-refractivity contribution >= 4 is 17.4 Å². The van der Waals surface area contributed by atoms with Crippen molar-refractivity contribution in [2.24, 2.45) is 5.73 Å². The van der Waals surface area contributed by atoms with Gasteiger partial charge in [-0.05, 0) is 18.4 Å². The minimum atomic E-state index is 0.565. The van der Waals surface area contributed by atoms with E-state index in [0.29, 0.717) is 6.54 Å². The summed E-state index contributed by atoms with van der Waals surface area (Å²) in [7, 11) is 0. The van der Waals surface area contributed by atoms with Crippen molar-refractivity contribution in [2.75, 3.05) is 17.7 Å². The van der Waals surface area contributed by atoms with Gasteiger partial charge in [-0.2, -0.15) is 0 Å². The number of rotatable bonds is 3. The minimum absolute atomic E-state index is 0.565. The van der Waals surface area contributed by atoms with E-state index in [2.05, 4.69) is 44.1 Å². The van der Waals surface area contributed by atoms with Gasteiger partial charge >= 0.3 is 0 Å². The summed E-state index contributed by atoms with van der Waals surface area (Å²) in [5.41, 5.74) is 8.39. The zero-order valence-electron chi connectivity index (χ0n) is 10.9. The first kappa shape index (κ1) is 12.5. The van der Waals surface area contributed by atoms with Crippen molar-refractivity contribution in [3.8, 4) is 0 Å². The predicted octanol–water partition coefficient (Wildman–Crippen LogP) is 1.48. The lowest BCUT2D eigenvalue weighted by atomic mass is 10.1. The molecule has 100 valence electrons. The Bertz CT molecular complexity index is 580. The first-order chi connectivity index (χ1) is 9.33. The van der Waals surface area contributed by atoms with E-state index in [1.54, 1.807) is 18.1 Å². The van der Waals surface area contributed by atoms with Crippen LogP contribution in [0.1, 0.15) is 11.4 Å². The number of anilines is 1. The van der Waals surface area contributed by atoms with Crippen molar-refractivity contribution in [3.05, 3.63) is 35.9 Å². The summed E-state index contributed by atoms with van der Waals surface area (Å²) < 4.78 is 2.11. The maximum atomic E-state index is 5.94. The monoisotopic (exact) mass is 275 g/mol. The van der Waals surface area contributed by atoms with E-state index < -0.39 is 0 Å². The number of hydrogen-bond acceptors (Lipinski definition) is 5. The fourth-order valence-electron chi connectivity index (χ4n) is 2.52. The van der Waals surface area contributed by atoms with Crippen LogP contribution in [0.3, 0.4) is 0 Å². The fraction of sp³-hybridized carbons (Fsp3) is 0.385. The van der Waals surface area contributed by atoms with Crippen LogP contribution in [-0.4, -0.2) is 27.6 Å². The van der Waals surface area contributed by atoms with E-state index in [1.807, 2.05) is 0 Å². The Balaban J connectivity index is 1.95. The van der Waals surface area contributed by atoms with Crippen molar-refractivity contribution in [3.63, 3.8) is 0 Å². The molecule has 0 spiro atoms. The van der Waals surface area contributed by atoms with Gasteiger partial charge in [0.25, 0.3) is 0 Å². The molecule has 3 rings (SSSR count). The van der Waals surface area contributed by atoms with Crippen LogP contribution in [-0.2, 0) is 19.6 Å². The minimum Gasteiger partial charge on any atom is -0.362 e. The highest BCUT2D eigenvalue weighted by Crippen LogP contribution is 2.31. The maximum absolute atomic E-state index is 5.94. The second kappa shape index (κ2) is 5.22. The van der Waals surface area contributed by atoms with Crippen molar-refractivity contribution in [2.45, 2.75) is 24.5 Å². The molecule has 1 aliphatic rings. The molecule has 0 unspecified atom stereocenters. The van der Waals surface area contributed by atoms with Gasteiger partial charge in [0.05, 0.1) is 6.54 Å². The molecule has 6 heteroatoms. The Labute approximate surface area is 116 Å². The summed E-state index contributed by atoms with van der Waals surface area (Å²) in [6, 6.07) is 6.37. The summed E-state index contributed by atoms with van der Waals surface area (Å²) in [6.45, 7) is 3.26. The van der Waals surface area contributed by atoms with E-state index >= 15 is 0 Å². The van der Waals surface area contributed by atoms with Crippen molar-refractivity contribution in [1.82, 2.24) is 14.8 Å². The summed E-state index contributed by atoms with van der Waals surface area (Å²) in [4.78, 5) is 3.60. The first-order valence-electron chi connectivity index (χ1n) is 6.31. The van der Waals surface area contributed by atoms with Crippen molar-refractivity contribution in [1.29, 1.82) is 0 Å². The second-order valence-electron chi connectivity index (χ2n) is 4.52. The third kappa shape index (κ3) is 2.21. The molecular weight excluding hydrogens is 258 g/mol. The Morgan fingerprint density at radius 1 is 1.37 bits per heavy atom. The summed E-state index contributed by atoms with van der Waals surface area (Å²) in [5.74, 6) is 1.02. The zero-order valence-corrected chi connectivity index (χ0v) is 11.7. The molecule has 2 aromatic rings. The van der Waals surface area contributed by atoms with Crippen LogP contribution in [0.25, 0.3) is 0 Å². The molecule has 0 saturated heterocycles. The fourth-order valence-corrected chi connectivity index (χ4v) is 3.17. The van der Waals surface area contributed by atoms with Crippen LogP contribution in [0.2, 0.25) is 0 Å². The Morgan fingerprint density at radius 2 is 2.26 bits per heavy atom. The molecule has 0 aliphatic carbocycles. The van der Waals surface area contributed by atoms with E-state index in [-0.39, 0.29) is 0 Å². The normalized spacial score (nSPS) is 14.5. The molecule has 1 aliphatic heterocycles. The Kier molecular flexibility index (Phi) is 3.44. The number of benzene rings is 1. The number of nitrogens with two attached hydrogens (primary N) is 1. The quantitative estimate of drug-likeness (QED) is 0.860. The van der Waals surface area contributed by atoms with Gasteiger partial charge in [-0.1, -0.05) is 6.07 Å². The molecule has 2 N–H and O–H groups in total. The number of thioether (sulfide) groups is 1. The smallest absolute Gasteiger partial charge is 0.152 e. The Hall–Kier alpha value is -1.53. The topological polar surface area (TPSA) is 60.0 Å². The standard InChI is InChI=1S/C13H17N5S/c1-19-12-4-2-3-11(10(12)7-14)17-5-6-18-9-15-16-13(18)8-17/h2-4,9H,5-8,14H2,1H3. The predicted molar refractivity (Wildman–Crippen MR) is 77.2 cm³/mol. The molecule has 0 fully saturated rings. The lowest BCUT2D eigenvalue weighted by Crippen LogP contribution is -2.34. The molecule has 0 amide bonds. The average molecular weight is 275 g/mol. The van der Waals surface area contributed by atoms with Gasteiger partial charge < -0.3 is 15.2 Å². The van der Waals surface area contributed by atoms with Crippen LogP contribution >= 0.6 is 11.8 Å². The van der Waals surface area contributed by atoms with Crippen molar-refractivity contribution < 1.29 is 0 Å². The zero-order chi connectivity index (χ0) is 13.2. The van der Waals surface area contributed by atoms with Gasteiger partial charge in [0.2, 0.25) is 0 Å². The van der Waals surface area contributed by atoms with Crippen LogP contribution in [0.5, 0.6) is 0 Å². The summed E-state index contributed by atoms with van der Waals surface area (Å²) in [6.07, 6.45) is 3.89. The van der Waals surface area contributed by atoms with E-state index in [4.69, 9.17) is 5.73 Å². The summed E-state index contributed by atoms with van der Waals surface area (Å²) >= 11 is 1.75. The van der Waals surface area contributed by atoms with Gasteiger partial charge in [-0.15, -0.1) is 22.0 Å². The number of nitrogens with zero attached hydrogens (tertiary/aromatic N) is 4. The molecule has 1 aromatic carbocycles. The highest BCUT2D eigenvalue weighted by atomic mass is 32.2. The highest BCUT2D eigenvalue weighted by molar-refractivity contribution is 7.98. The van der Waals surface area contributed by atoms with Crippen LogP contribution < -0.4 is 10.6 Å². The van der Waals surface area contributed by atoms with Gasteiger partial charge in [0.15, 0.2) is 5.82 Å². The highest BCUT2D eigenvalue weighted by Gasteiger charge is 2.20. The molecule has 0 atom stereocenters. The molecule has 1 aromatic heterocycles. The van der Waals surface area contributed by atoms with E-state index in [0.717, 1.165) is 25.5 Å². The Morgan fingerprint density at radius 3 is 3.05 bits per heavy atom. The number of fused-ring (bicyclic) bond motifs is 1. The lowest BCUT2D eigenvalue weighted by molar-refractivity contribution is 0.558. The van der Waals surface area contributed by atoms with Crippen LogP contribution in [0.15, 0.2) is 29.4 Å². The maximum Gasteiger partial charge on any atom is 0.152 e. The third-order valence-corrected chi connectivity index (χ3v) is 4.33. The third-order valence-electron chi connectivity index (χ3n) is 3.51. The van der Waals surface area contributed by atoms with Gasteiger partial charge in [-0.25, -0.2) is 0 Å². The average Bonchev–Trinajstić information content (AvgIpc) is 2.93. The molecule has 2 heterocycles. The molecule has 0 radical (unpaired) electrons. The van der Waals surface area contributed by atoms with Gasteiger partial charge in [0, 0.05) is 35.8 Å². The first-order valence-corrected chi connectivity index (χ1v) is 7.53. The summed E-state index contributed by atoms with van der Waals surface area (Å²) in [5, 5.41) is 8.13.